The fraction of sp³-hybridized carbons (Fsp3) is 1.00. The van der Waals surface area contributed by atoms with Gasteiger partial charge in [-0.3, -0.25) is 0 Å². The van der Waals surface area contributed by atoms with Gasteiger partial charge in [-0.1, -0.05) is 19.3 Å². The van der Waals surface area contributed by atoms with Gasteiger partial charge in [-0.05, 0) is 51.6 Å². The Bertz CT molecular complexity index is 181. The average molecular weight is 210 g/mol. The summed E-state index contributed by atoms with van der Waals surface area (Å²) >= 11 is 0. The zero-order valence-corrected chi connectivity index (χ0v) is 10.1. The molecule has 1 heterocycles. The molecule has 15 heavy (non-hydrogen) atoms. The van der Waals surface area contributed by atoms with E-state index in [1.807, 2.05) is 0 Å². The third-order valence-corrected chi connectivity index (χ3v) is 3.89. The largest absolute Gasteiger partial charge is 0.315 e. The molecule has 0 amide bonds. The second-order valence-electron chi connectivity index (χ2n) is 5.71. The van der Waals surface area contributed by atoms with E-state index >= 15 is 0 Å². The van der Waals surface area contributed by atoms with E-state index in [1.54, 1.807) is 0 Å². The van der Waals surface area contributed by atoms with Crippen molar-refractivity contribution in [3.8, 4) is 0 Å². The Kier molecular flexibility index (Phi) is 4.04. The van der Waals surface area contributed by atoms with Gasteiger partial charge in [0.1, 0.15) is 0 Å². The molecular weight excluding hydrogens is 184 g/mol. The molecule has 2 N–H and O–H groups in total. The first-order chi connectivity index (χ1) is 7.29. The molecule has 2 rings (SSSR count). The molecular formula is C13H26N2. The quantitative estimate of drug-likeness (QED) is 0.657. The Labute approximate surface area is 94.2 Å². The van der Waals surface area contributed by atoms with Crippen molar-refractivity contribution in [3.63, 3.8) is 0 Å². The van der Waals surface area contributed by atoms with Crippen molar-refractivity contribution in [2.75, 3.05) is 19.6 Å². The Morgan fingerprint density at radius 3 is 2.87 bits per heavy atom. The van der Waals surface area contributed by atoms with E-state index in [4.69, 9.17) is 0 Å². The lowest BCUT2D eigenvalue weighted by Crippen LogP contribution is -2.52. The lowest BCUT2D eigenvalue weighted by atomic mass is 9.91. The van der Waals surface area contributed by atoms with Crippen LogP contribution in [0, 0.1) is 5.92 Å². The summed E-state index contributed by atoms with van der Waals surface area (Å²) in [4.78, 5) is 0. The number of hydrogen-bond acceptors (Lipinski definition) is 2. The Hall–Kier alpha value is -0.0800. The van der Waals surface area contributed by atoms with Crippen molar-refractivity contribution in [2.24, 2.45) is 5.92 Å². The van der Waals surface area contributed by atoms with E-state index in [2.05, 4.69) is 17.6 Å². The third-order valence-electron chi connectivity index (χ3n) is 3.89. The zero-order valence-electron chi connectivity index (χ0n) is 10.1. The van der Waals surface area contributed by atoms with Gasteiger partial charge >= 0.3 is 0 Å². The molecule has 1 unspecified atom stereocenters. The molecule has 2 nitrogen and oxygen atoms in total. The van der Waals surface area contributed by atoms with E-state index in [0.717, 1.165) is 12.5 Å². The van der Waals surface area contributed by atoms with Gasteiger partial charge in [0.2, 0.25) is 0 Å². The smallest absolute Gasteiger partial charge is 0.0277 e. The van der Waals surface area contributed by atoms with Crippen molar-refractivity contribution < 1.29 is 0 Å². The Balaban J connectivity index is 1.51. The molecule has 1 saturated heterocycles. The van der Waals surface area contributed by atoms with Crippen LogP contribution in [0.4, 0.5) is 0 Å². The summed E-state index contributed by atoms with van der Waals surface area (Å²) in [6.07, 6.45) is 9.92. The van der Waals surface area contributed by atoms with Gasteiger partial charge in [-0.2, -0.15) is 0 Å². The highest BCUT2D eigenvalue weighted by molar-refractivity contribution is 4.88. The molecule has 2 heteroatoms. The van der Waals surface area contributed by atoms with Crippen molar-refractivity contribution in [1.29, 1.82) is 0 Å². The van der Waals surface area contributed by atoms with Crippen LogP contribution in [-0.4, -0.2) is 25.2 Å². The van der Waals surface area contributed by atoms with Gasteiger partial charge in [-0.25, -0.2) is 0 Å². The van der Waals surface area contributed by atoms with Gasteiger partial charge in [0.15, 0.2) is 0 Å². The highest BCUT2D eigenvalue weighted by Crippen LogP contribution is 2.33. The maximum atomic E-state index is 3.64. The van der Waals surface area contributed by atoms with Crippen molar-refractivity contribution >= 4 is 0 Å². The molecule has 1 aliphatic carbocycles. The minimum absolute atomic E-state index is 0.373. The van der Waals surface area contributed by atoms with Crippen LogP contribution < -0.4 is 10.6 Å². The second kappa shape index (κ2) is 5.31. The molecule has 1 saturated carbocycles. The van der Waals surface area contributed by atoms with E-state index in [1.165, 1.54) is 58.0 Å². The van der Waals surface area contributed by atoms with Crippen LogP contribution in [-0.2, 0) is 0 Å². The normalized spacial score (nSPS) is 31.8. The fourth-order valence-electron chi connectivity index (χ4n) is 2.56. The van der Waals surface area contributed by atoms with E-state index in [-0.39, 0.29) is 0 Å². The van der Waals surface area contributed by atoms with Crippen LogP contribution in [0.25, 0.3) is 0 Å². The van der Waals surface area contributed by atoms with Crippen LogP contribution in [0.3, 0.4) is 0 Å². The average Bonchev–Trinajstić information content (AvgIpc) is 3.02. The van der Waals surface area contributed by atoms with Crippen LogP contribution >= 0.6 is 0 Å². The monoisotopic (exact) mass is 210 g/mol. The lowest BCUT2D eigenvalue weighted by molar-refractivity contribution is 0.267. The molecule has 0 aromatic carbocycles. The third kappa shape index (κ3) is 4.12. The van der Waals surface area contributed by atoms with E-state index < -0.39 is 0 Å². The predicted octanol–water partition coefficient (Wildman–Crippen LogP) is 2.30. The zero-order chi connectivity index (χ0) is 10.6. The topological polar surface area (TPSA) is 24.1 Å². The second-order valence-corrected chi connectivity index (χ2v) is 5.71. The summed E-state index contributed by atoms with van der Waals surface area (Å²) in [5.74, 6) is 1.09. The summed E-state index contributed by atoms with van der Waals surface area (Å²) < 4.78 is 0. The van der Waals surface area contributed by atoms with Gasteiger partial charge in [0, 0.05) is 12.1 Å². The number of nitrogens with one attached hydrogen (secondary N) is 2. The summed E-state index contributed by atoms with van der Waals surface area (Å²) in [5.41, 5.74) is 0.373. The minimum atomic E-state index is 0.373. The SMILES string of the molecule is CC1(CNCCCC2CC2)CCCCN1. The van der Waals surface area contributed by atoms with E-state index in [0.29, 0.717) is 5.54 Å². The minimum Gasteiger partial charge on any atom is -0.315 e. The highest BCUT2D eigenvalue weighted by Gasteiger charge is 2.25. The Morgan fingerprint density at radius 2 is 2.20 bits per heavy atom. The molecule has 0 bridgehead atoms. The first-order valence-electron chi connectivity index (χ1n) is 6.74. The maximum absolute atomic E-state index is 3.64. The number of rotatable bonds is 6. The first kappa shape index (κ1) is 11.4. The molecule has 1 aliphatic heterocycles. The molecule has 0 aromatic heterocycles. The first-order valence-corrected chi connectivity index (χ1v) is 6.74. The summed E-state index contributed by atoms with van der Waals surface area (Å²) in [7, 11) is 0. The lowest BCUT2D eigenvalue weighted by Gasteiger charge is -2.35. The number of piperidine rings is 1. The van der Waals surface area contributed by atoms with Gasteiger partial charge in [0.25, 0.3) is 0 Å². The van der Waals surface area contributed by atoms with Crippen LogP contribution in [0.15, 0.2) is 0 Å². The fourth-order valence-corrected chi connectivity index (χ4v) is 2.56. The molecule has 0 spiro atoms. The predicted molar refractivity (Wildman–Crippen MR) is 65.1 cm³/mol. The van der Waals surface area contributed by atoms with Crippen molar-refractivity contribution in [2.45, 2.75) is 57.4 Å². The summed E-state index contributed by atoms with van der Waals surface area (Å²) in [6.45, 7) is 5.94. The van der Waals surface area contributed by atoms with Crippen LogP contribution in [0.1, 0.15) is 51.9 Å². The number of hydrogen-bond donors (Lipinski definition) is 2. The maximum Gasteiger partial charge on any atom is 0.0277 e. The molecule has 2 aliphatic rings. The van der Waals surface area contributed by atoms with Crippen LogP contribution in [0.5, 0.6) is 0 Å². The Morgan fingerprint density at radius 1 is 1.33 bits per heavy atom. The van der Waals surface area contributed by atoms with Gasteiger partial charge in [-0.15, -0.1) is 0 Å². The van der Waals surface area contributed by atoms with Gasteiger partial charge < -0.3 is 10.6 Å². The molecule has 1 atom stereocenters. The van der Waals surface area contributed by atoms with Gasteiger partial charge in [0.05, 0.1) is 0 Å². The van der Waals surface area contributed by atoms with Crippen LogP contribution in [0.2, 0.25) is 0 Å². The summed E-state index contributed by atoms with van der Waals surface area (Å²) in [5, 5.41) is 7.26. The highest BCUT2D eigenvalue weighted by atomic mass is 15.0. The van der Waals surface area contributed by atoms with E-state index in [9.17, 15) is 0 Å². The molecule has 0 radical (unpaired) electrons. The molecule has 88 valence electrons. The van der Waals surface area contributed by atoms with Crippen molar-refractivity contribution in [1.82, 2.24) is 10.6 Å². The molecule has 2 fully saturated rings. The standard InChI is InChI=1S/C13H26N2/c1-13(8-2-3-10-15-13)11-14-9-4-5-12-6-7-12/h12,14-15H,2-11H2,1H3. The van der Waals surface area contributed by atoms with Crippen molar-refractivity contribution in [3.05, 3.63) is 0 Å². The molecule has 0 aromatic rings. The summed E-state index contributed by atoms with van der Waals surface area (Å²) in [6, 6.07) is 0.